The Hall–Kier alpha value is -3.50. The number of hydrogen-bond donors (Lipinski definition) is 1. The number of aromatic nitrogens is 1. The van der Waals surface area contributed by atoms with Crippen molar-refractivity contribution < 1.29 is 4.79 Å². The van der Waals surface area contributed by atoms with Crippen LogP contribution in [0.1, 0.15) is 22.4 Å². The molecule has 0 radical (unpaired) electrons. The Morgan fingerprint density at radius 3 is 2.43 bits per heavy atom. The van der Waals surface area contributed by atoms with Crippen molar-refractivity contribution in [1.29, 1.82) is 5.26 Å². The molecule has 150 valence electrons. The van der Waals surface area contributed by atoms with E-state index in [2.05, 4.69) is 26.6 Å². The highest BCUT2D eigenvalue weighted by molar-refractivity contribution is 8.00. The number of nitrogens with zero attached hydrogens (tertiary/aromatic N) is 4. The molecule has 3 aromatic rings. The minimum atomic E-state index is -0.155. The van der Waals surface area contributed by atoms with E-state index in [0.29, 0.717) is 27.5 Å². The molecule has 1 amide bonds. The summed E-state index contributed by atoms with van der Waals surface area (Å²) in [6.07, 6.45) is 0. The zero-order chi connectivity index (χ0) is 21.5. The van der Waals surface area contributed by atoms with Crippen LogP contribution in [0.15, 0.2) is 69.9 Å². The van der Waals surface area contributed by atoms with Crippen molar-refractivity contribution >= 4 is 34.7 Å². The summed E-state index contributed by atoms with van der Waals surface area (Å²) in [6, 6.07) is 19.2. The second-order valence-corrected chi connectivity index (χ2v) is 7.67. The average molecular weight is 416 g/mol. The molecule has 6 nitrogen and oxygen atoms in total. The molecule has 0 saturated heterocycles. The van der Waals surface area contributed by atoms with Crippen molar-refractivity contribution in [3.05, 3.63) is 77.0 Å². The van der Waals surface area contributed by atoms with E-state index in [-0.39, 0.29) is 11.7 Å². The lowest BCUT2D eigenvalue weighted by Gasteiger charge is -2.11. The largest absolute Gasteiger partial charge is 0.325 e. The zero-order valence-corrected chi connectivity index (χ0v) is 17.8. The molecule has 0 fully saturated rings. The van der Waals surface area contributed by atoms with E-state index in [1.807, 2.05) is 75.4 Å². The highest BCUT2D eigenvalue weighted by atomic mass is 32.2. The highest BCUT2D eigenvalue weighted by Gasteiger charge is 2.16. The molecule has 1 N–H and O–H groups in total. The summed E-state index contributed by atoms with van der Waals surface area (Å²) >= 11 is 1.24. The Labute approximate surface area is 180 Å². The van der Waals surface area contributed by atoms with Crippen LogP contribution in [-0.4, -0.2) is 16.6 Å². The van der Waals surface area contributed by atoms with E-state index >= 15 is 0 Å². The molecular formula is C23H21N5OS. The smallest absolute Gasteiger partial charge is 0.234 e. The van der Waals surface area contributed by atoms with Gasteiger partial charge in [-0.15, -0.1) is 5.11 Å². The molecule has 0 aliphatic rings. The molecule has 7 heteroatoms. The monoisotopic (exact) mass is 415 g/mol. The normalized spacial score (nSPS) is 10.7. The van der Waals surface area contributed by atoms with E-state index in [9.17, 15) is 10.1 Å². The third-order valence-corrected chi connectivity index (χ3v) is 5.34. The van der Waals surface area contributed by atoms with Crippen LogP contribution in [0.3, 0.4) is 0 Å². The van der Waals surface area contributed by atoms with Crippen molar-refractivity contribution in [3.63, 3.8) is 0 Å². The van der Waals surface area contributed by atoms with Crippen LogP contribution in [0.4, 0.5) is 17.1 Å². The number of rotatable bonds is 6. The lowest BCUT2D eigenvalue weighted by molar-refractivity contribution is -0.113. The van der Waals surface area contributed by atoms with E-state index in [4.69, 9.17) is 0 Å². The Bertz CT molecular complexity index is 1120. The van der Waals surface area contributed by atoms with E-state index in [1.165, 1.54) is 11.8 Å². The number of carbonyl (C=O) groups is 1. The Balaban J connectivity index is 1.75. The maximum atomic E-state index is 12.3. The number of nitriles is 1. The van der Waals surface area contributed by atoms with Gasteiger partial charge in [-0.05, 0) is 50.6 Å². The second kappa shape index (κ2) is 9.81. The number of aryl methyl sites for hydroxylation is 2. The topological polar surface area (TPSA) is 90.5 Å². The summed E-state index contributed by atoms with van der Waals surface area (Å²) in [6.45, 7) is 5.64. The Morgan fingerprint density at radius 1 is 1.07 bits per heavy atom. The predicted molar refractivity (Wildman–Crippen MR) is 120 cm³/mol. The molecule has 0 spiro atoms. The summed E-state index contributed by atoms with van der Waals surface area (Å²) in [5, 5.41) is 21.6. The fourth-order valence-electron chi connectivity index (χ4n) is 2.77. The van der Waals surface area contributed by atoms with Gasteiger partial charge in [-0.3, -0.25) is 4.79 Å². The predicted octanol–water partition coefficient (Wildman–Crippen LogP) is 6.02. The van der Waals surface area contributed by atoms with Crippen LogP contribution in [0, 0.1) is 32.1 Å². The maximum absolute atomic E-state index is 12.3. The van der Waals surface area contributed by atoms with Crippen LogP contribution < -0.4 is 5.32 Å². The van der Waals surface area contributed by atoms with Gasteiger partial charge >= 0.3 is 0 Å². The van der Waals surface area contributed by atoms with Crippen molar-refractivity contribution in [2.75, 3.05) is 11.1 Å². The molecule has 1 aromatic heterocycles. The number of nitrogens with one attached hydrogen (secondary N) is 1. The number of anilines is 1. The first kappa shape index (κ1) is 21.2. The van der Waals surface area contributed by atoms with E-state index < -0.39 is 0 Å². The molecular weight excluding hydrogens is 394 g/mol. The summed E-state index contributed by atoms with van der Waals surface area (Å²) in [5.41, 5.74) is 4.93. The summed E-state index contributed by atoms with van der Waals surface area (Å²) in [4.78, 5) is 16.8. The molecule has 0 aliphatic heterocycles. The van der Waals surface area contributed by atoms with Gasteiger partial charge in [-0.25, -0.2) is 4.98 Å². The number of carbonyl (C=O) groups excluding carboxylic acids is 1. The summed E-state index contributed by atoms with van der Waals surface area (Å²) in [7, 11) is 0. The van der Waals surface area contributed by atoms with Crippen molar-refractivity contribution in [2.45, 2.75) is 25.8 Å². The SMILES string of the molecule is Cc1ccc(NC(=O)CSc2nc(C)c(N=Nc3ccccc3)c(C)c2C#N)cc1. The average Bonchev–Trinajstić information content (AvgIpc) is 2.74. The zero-order valence-electron chi connectivity index (χ0n) is 17.0. The van der Waals surface area contributed by atoms with Crippen molar-refractivity contribution in [2.24, 2.45) is 10.2 Å². The number of amides is 1. The molecule has 0 aliphatic carbocycles. The summed E-state index contributed by atoms with van der Waals surface area (Å²) in [5.74, 6) is -0.00282. The van der Waals surface area contributed by atoms with Crippen LogP contribution in [0.25, 0.3) is 0 Å². The minimum Gasteiger partial charge on any atom is -0.325 e. The molecule has 0 atom stereocenters. The third-order valence-electron chi connectivity index (χ3n) is 4.36. The van der Waals surface area contributed by atoms with Gasteiger partial charge in [-0.2, -0.15) is 10.4 Å². The van der Waals surface area contributed by atoms with Gasteiger partial charge in [0.15, 0.2) is 0 Å². The van der Waals surface area contributed by atoms with Gasteiger partial charge in [0, 0.05) is 5.69 Å². The number of azo groups is 1. The molecule has 3 rings (SSSR count). The van der Waals surface area contributed by atoms with Gasteiger partial charge in [0.2, 0.25) is 5.91 Å². The van der Waals surface area contributed by atoms with Crippen LogP contribution in [0.5, 0.6) is 0 Å². The number of thioether (sulfide) groups is 1. The molecule has 2 aromatic carbocycles. The fourth-order valence-corrected chi connectivity index (χ4v) is 3.65. The number of hydrogen-bond acceptors (Lipinski definition) is 6. The maximum Gasteiger partial charge on any atom is 0.234 e. The van der Waals surface area contributed by atoms with Crippen molar-refractivity contribution in [3.8, 4) is 6.07 Å². The standard InChI is InChI=1S/C23H21N5OS/c1-15-9-11-18(12-10-15)26-21(29)14-30-23-20(13-24)16(2)22(17(3)25-23)28-27-19-7-5-4-6-8-19/h4-12H,14H2,1-3H3,(H,26,29). The first-order valence-corrected chi connectivity index (χ1v) is 10.3. The highest BCUT2D eigenvalue weighted by Crippen LogP contribution is 2.32. The number of pyridine rings is 1. The van der Waals surface area contributed by atoms with E-state index in [0.717, 1.165) is 16.9 Å². The molecule has 1 heterocycles. The molecule has 30 heavy (non-hydrogen) atoms. The fraction of sp³-hybridized carbons (Fsp3) is 0.174. The van der Waals surface area contributed by atoms with Gasteiger partial charge in [0.1, 0.15) is 16.8 Å². The quantitative estimate of drug-likeness (QED) is 0.393. The van der Waals surface area contributed by atoms with Gasteiger partial charge in [0.25, 0.3) is 0 Å². The lowest BCUT2D eigenvalue weighted by Crippen LogP contribution is -2.14. The molecule has 0 bridgehead atoms. The van der Waals surface area contributed by atoms with Gasteiger partial charge < -0.3 is 5.32 Å². The number of benzene rings is 2. The van der Waals surface area contributed by atoms with Gasteiger partial charge in [0.05, 0.1) is 22.7 Å². The van der Waals surface area contributed by atoms with Crippen LogP contribution in [-0.2, 0) is 4.79 Å². The second-order valence-electron chi connectivity index (χ2n) is 6.70. The third kappa shape index (κ3) is 5.31. The first-order valence-electron chi connectivity index (χ1n) is 9.35. The van der Waals surface area contributed by atoms with E-state index in [1.54, 1.807) is 0 Å². The van der Waals surface area contributed by atoms with Crippen LogP contribution >= 0.6 is 11.8 Å². The van der Waals surface area contributed by atoms with Crippen molar-refractivity contribution in [1.82, 2.24) is 4.98 Å². The molecule has 0 unspecified atom stereocenters. The first-order chi connectivity index (χ1) is 14.5. The van der Waals surface area contributed by atoms with Gasteiger partial charge in [-0.1, -0.05) is 47.7 Å². The summed E-state index contributed by atoms with van der Waals surface area (Å²) < 4.78 is 0. The van der Waals surface area contributed by atoms with Crippen LogP contribution in [0.2, 0.25) is 0 Å². The minimum absolute atomic E-state index is 0.152. The lowest BCUT2D eigenvalue weighted by atomic mass is 10.1. The molecule has 0 saturated carbocycles. The Kier molecular flexibility index (Phi) is 6.94. The Morgan fingerprint density at radius 2 is 1.77 bits per heavy atom.